The van der Waals surface area contributed by atoms with E-state index in [2.05, 4.69) is 22.2 Å². The number of rotatable bonds is 0. The number of halogens is 2. The molecule has 2 aromatic rings. The lowest BCUT2D eigenvalue weighted by atomic mass is 10.4. The molecule has 0 saturated heterocycles. The Morgan fingerprint density at radius 2 is 2.00 bits per heavy atom. The molecule has 1 aromatic heterocycles. The average Bonchev–Trinajstić information content (AvgIpc) is 3.02. The number of hydrogen-bond acceptors (Lipinski definition) is 3. The highest BCUT2D eigenvalue weighted by Gasteiger charge is 2.22. The summed E-state index contributed by atoms with van der Waals surface area (Å²) in [4.78, 5) is 18.2. The van der Waals surface area contributed by atoms with Crippen molar-refractivity contribution >= 4 is 47.2 Å². The van der Waals surface area contributed by atoms with E-state index in [4.69, 9.17) is 23.2 Å². The lowest BCUT2D eigenvalue weighted by Gasteiger charge is -1.87. The van der Waals surface area contributed by atoms with Gasteiger partial charge in [-0.2, -0.15) is 0 Å². The zero-order valence-electron chi connectivity index (χ0n) is 9.21. The van der Waals surface area contributed by atoms with E-state index in [0.29, 0.717) is 14.8 Å². The number of aryl methyl sites for hydroxylation is 1. The lowest BCUT2D eigenvalue weighted by Crippen LogP contribution is -2.05. The highest BCUT2D eigenvalue weighted by Crippen LogP contribution is 2.54. The molecular weight excluding hydrogens is 311 g/mol. The number of aromatic nitrogens is 2. The summed E-state index contributed by atoms with van der Waals surface area (Å²) in [5.74, 6) is 0. The van der Waals surface area contributed by atoms with Gasteiger partial charge in [-0.05, 0) is 31.3 Å². The van der Waals surface area contributed by atoms with E-state index < -0.39 is 0 Å². The smallest absolute Gasteiger partial charge is 0.251 e. The van der Waals surface area contributed by atoms with Crippen molar-refractivity contribution in [3.05, 3.63) is 49.1 Å². The van der Waals surface area contributed by atoms with Gasteiger partial charge < -0.3 is 4.98 Å². The van der Waals surface area contributed by atoms with Crippen molar-refractivity contribution < 1.29 is 0 Å². The minimum atomic E-state index is -0.156. The molecular formula is C11H8Cl2N2OS2. The largest absolute Gasteiger partial charge is 0.336 e. The van der Waals surface area contributed by atoms with E-state index in [1.54, 1.807) is 18.7 Å². The first kappa shape index (κ1) is 13.7. The quantitative estimate of drug-likeness (QED) is 0.482. The second-order valence-corrected chi connectivity index (χ2v) is 5.81. The van der Waals surface area contributed by atoms with Gasteiger partial charge in [-0.1, -0.05) is 35.0 Å². The van der Waals surface area contributed by atoms with Crippen LogP contribution in [0.25, 0.3) is 0 Å². The molecule has 0 saturated carbocycles. The van der Waals surface area contributed by atoms with Crippen molar-refractivity contribution in [2.75, 3.05) is 0 Å². The molecule has 18 heavy (non-hydrogen) atoms. The second kappa shape index (κ2) is 5.48. The van der Waals surface area contributed by atoms with E-state index in [0.717, 1.165) is 10.6 Å². The van der Waals surface area contributed by atoms with E-state index >= 15 is 0 Å². The van der Waals surface area contributed by atoms with Gasteiger partial charge in [0.25, 0.3) is 5.56 Å². The van der Waals surface area contributed by atoms with Gasteiger partial charge in [0.2, 0.25) is 0 Å². The van der Waals surface area contributed by atoms with Crippen LogP contribution in [0.4, 0.5) is 0 Å². The zero-order valence-corrected chi connectivity index (χ0v) is 12.4. The minimum absolute atomic E-state index is 0.156. The van der Waals surface area contributed by atoms with E-state index in [-0.39, 0.29) is 5.56 Å². The summed E-state index contributed by atoms with van der Waals surface area (Å²) in [7, 11) is 0. The molecule has 0 bridgehead atoms. The molecule has 2 N–H and O–H groups in total. The van der Waals surface area contributed by atoms with Crippen LogP contribution in [0.3, 0.4) is 0 Å². The number of nitrogens with one attached hydrogen (secondary N) is 2. The van der Waals surface area contributed by atoms with E-state index in [1.165, 1.54) is 11.0 Å². The van der Waals surface area contributed by atoms with Crippen molar-refractivity contribution in [2.45, 2.75) is 16.7 Å². The van der Waals surface area contributed by atoms with Gasteiger partial charge in [0.1, 0.15) is 0 Å². The van der Waals surface area contributed by atoms with Crippen LogP contribution >= 0.6 is 47.2 Å². The molecule has 94 valence electrons. The van der Waals surface area contributed by atoms with Crippen LogP contribution in [0, 0.1) is 11.7 Å². The third kappa shape index (κ3) is 3.38. The Hall–Kier alpha value is -0.750. The molecule has 0 atom stereocenters. The number of aromatic amines is 2. The van der Waals surface area contributed by atoms with Crippen molar-refractivity contribution in [2.24, 2.45) is 0 Å². The van der Waals surface area contributed by atoms with Crippen LogP contribution in [0.5, 0.6) is 0 Å². The van der Waals surface area contributed by atoms with Crippen LogP contribution in [0.2, 0.25) is 10.0 Å². The Bertz CT molecular complexity index is 677. The first-order chi connectivity index (χ1) is 8.47. The summed E-state index contributed by atoms with van der Waals surface area (Å²) in [5, 5.41) is 1.36. The van der Waals surface area contributed by atoms with Gasteiger partial charge in [-0.15, -0.1) is 0 Å². The number of hydrogen-bond donors (Lipinski definition) is 2. The predicted molar refractivity (Wildman–Crippen MR) is 77.6 cm³/mol. The maximum atomic E-state index is 10.6. The molecule has 2 heterocycles. The fourth-order valence-electron chi connectivity index (χ4n) is 1.27. The Kier molecular flexibility index (Phi) is 4.17. The SMILES string of the molecule is Cc1cc(=O)[nH]c(=S)[nH]1.Clc1ccc2c(c1Cl)S2. The third-order valence-electron chi connectivity index (χ3n) is 2.08. The number of fused-ring (bicyclic) bond motifs is 1. The van der Waals surface area contributed by atoms with Crippen molar-refractivity contribution in [1.29, 1.82) is 0 Å². The molecule has 7 heteroatoms. The molecule has 0 radical (unpaired) electrons. The van der Waals surface area contributed by atoms with Gasteiger partial charge in [-0.25, -0.2) is 0 Å². The molecule has 3 rings (SSSR count). The fraction of sp³-hybridized carbons (Fsp3) is 0.0909. The summed E-state index contributed by atoms with van der Waals surface area (Å²) < 4.78 is 0.375. The Labute approximate surface area is 123 Å². The normalized spacial score (nSPS) is 11.3. The average molecular weight is 319 g/mol. The maximum absolute atomic E-state index is 10.6. The van der Waals surface area contributed by atoms with Crippen molar-refractivity contribution in [3.63, 3.8) is 0 Å². The van der Waals surface area contributed by atoms with Gasteiger partial charge in [0, 0.05) is 21.6 Å². The van der Waals surface area contributed by atoms with Crippen molar-refractivity contribution in [1.82, 2.24) is 9.97 Å². The highest BCUT2D eigenvalue weighted by atomic mass is 35.5. The lowest BCUT2D eigenvalue weighted by molar-refractivity contribution is 1.04. The van der Waals surface area contributed by atoms with E-state index in [1.807, 2.05) is 12.1 Å². The molecule has 1 aliphatic heterocycles. The maximum Gasteiger partial charge on any atom is 0.251 e. The summed E-state index contributed by atoms with van der Waals surface area (Å²) >= 11 is 17.8. The van der Waals surface area contributed by atoms with Gasteiger partial charge in [-0.3, -0.25) is 9.78 Å². The molecule has 0 spiro atoms. The van der Waals surface area contributed by atoms with E-state index in [9.17, 15) is 4.79 Å². The second-order valence-electron chi connectivity index (χ2n) is 3.56. The zero-order chi connectivity index (χ0) is 13.3. The summed E-state index contributed by atoms with van der Waals surface area (Å²) in [6, 6.07) is 5.26. The highest BCUT2D eigenvalue weighted by molar-refractivity contribution is 8.05. The fourth-order valence-corrected chi connectivity index (χ4v) is 2.75. The third-order valence-corrected chi connectivity index (χ3v) is 4.18. The molecule has 3 nitrogen and oxygen atoms in total. The topological polar surface area (TPSA) is 48.6 Å². The minimum Gasteiger partial charge on any atom is -0.336 e. The Balaban J connectivity index is 0.000000134. The predicted octanol–water partition coefficient (Wildman–Crippen LogP) is 4.20. The molecule has 0 aliphatic carbocycles. The first-order valence-electron chi connectivity index (χ1n) is 4.93. The van der Waals surface area contributed by atoms with Crippen LogP contribution in [-0.2, 0) is 0 Å². The molecule has 0 amide bonds. The molecule has 1 aliphatic rings. The summed E-state index contributed by atoms with van der Waals surface area (Å²) in [6.45, 7) is 1.78. The van der Waals surface area contributed by atoms with Crippen LogP contribution < -0.4 is 5.56 Å². The number of benzene rings is 1. The van der Waals surface area contributed by atoms with Crippen molar-refractivity contribution in [3.8, 4) is 0 Å². The van der Waals surface area contributed by atoms with Crippen LogP contribution in [-0.4, -0.2) is 9.97 Å². The van der Waals surface area contributed by atoms with Gasteiger partial charge in [0.05, 0.1) is 10.0 Å². The van der Waals surface area contributed by atoms with Crippen LogP contribution in [0.15, 0.2) is 32.8 Å². The molecule has 0 unspecified atom stereocenters. The van der Waals surface area contributed by atoms with Gasteiger partial charge in [0.15, 0.2) is 4.77 Å². The first-order valence-corrected chi connectivity index (χ1v) is 6.91. The monoisotopic (exact) mass is 318 g/mol. The Morgan fingerprint density at radius 3 is 2.56 bits per heavy atom. The Morgan fingerprint density at radius 1 is 1.28 bits per heavy atom. The molecule has 0 fully saturated rings. The standard InChI is InChI=1S/C6H2Cl2S.C5H6N2OS/c7-3-1-2-4-6(9-4)5(3)8;1-3-2-4(8)7-5(9)6-3/h1-2H;2H,1H3,(H2,6,7,8,9). The summed E-state index contributed by atoms with van der Waals surface area (Å²) in [6.07, 6.45) is 0. The van der Waals surface area contributed by atoms with Gasteiger partial charge >= 0.3 is 0 Å². The molecule has 1 aromatic carbocycles. The number of H-pyrrole nitrogens is 2. The summed E-state index contributed by atoms with van der Waals surface area (Å²) in [5.41, 5.74) is 0.625. The van der Waals surface area contributed by atoms with Crippen LogP contribution in [0.1, 0.15) is 5.69 Å².